The topological polar surface area (TPSA) is 102 Å². The van der Waals surface area contributed by atoms with Crippen LogP contribution in [-0.2, 0) is 14.8 Å². The van der Waals surface area contributed by atoms with Crippen LogP contribution in [0.2, 0.25) is 0 Å². The van der Waals surface area contributed by atoms with Gasteiger partial charge in [0.2, 0.25) is 0 Å². The Kier molecular flexibility index (Phi) is 5.33. The minimum absolute atomic E-state index is 0.0484. The van der Waals surface area contributed by atoms with E-state index in [1.54, 1.807) is 19.1 Å². The first-order valence-electron chi connectivity index (χ1n) is 8.49. The van der Waals surface area contributed by atoms with E-state index in [4.69, 9.17) is 4.74 Å². The lowest BCUT2D eigenvalue weighted by Gasteiger charge is -2.29. The number of nitrogens with zero attached hydrogens (tertiary/aromatic N) is 2. The Morgan fingerprint density at radius 3 is 2.33 bits per heavy atom. The van der Waals surface area contributed by atoms with Gasteiger partial charge >= 0.3 is 0 Å². The van der Waals surface area contributed by atoms with Gasteiger partial charge in [0.05, 0.1) is 28.7 Å². The molecule has 1 fully saturated rings. The van der Waals surface area contributed by atoms with Crippen LogP contribution in [0.25, 0.3) is 0 Å². The first kappa shape index (κ1) is 19.1. The van der Waals surface area contributed by atoms with E-state index < -0.39 is 14.9 Å². The highest BCUT2D eigenvalue weighted by Crippen LogP contribution is 2.35. The van der Waals surface area contributed by atoms with Gasteiger partial charge in [0.25, 0.3) is 15.7 Å². The van der Waals surface area contributed by atoms with Crippen molar-refractivity contribution >= 4 is 27.1 Å². The summed E-state index contributed by atoms with van der Waals surface area (Å²) in [5, 5.41) is 11.5. The van der Waals surface area contributed by atoms with E-state index >= 15 is 0 Å². The summed E-state index contributed by atoms with van der Waals surface area (Å²) in [5.74, 6) is 0. The van der Waals surface area contributed by atoms with E-state index in [1.807, 2.05) is 11.8 Å². The second-order valence-corrected chi connectivity index (χ2v) is 8.11. The van der Waals surface area contributed by atoms with Gasteiger partial charge in [-0.15, -0.1) is 0 Å². The van der Waals surface area contributed by atoms with Gasteiger partial charge in [-0.1, -0.05) is 17.7 Å². The molecule has 0 unspecified atom stereocenters. The maximum atomic E-state index is 12.7. The number of sulfonamides is 1. The van der Waals surface area contributed by atoms with E-state index in [-0.39, 0.29) is 10.6 Å². The van der Waals surface area contributed by atoms with E-state index in [0.717, 1.165) is 5.56 Å². The fourth-order valence-electron chi connectivity index (χ4n) is 2.92. The quantitative estimate of drug-likeness (QED) is 0.621. The van der Waals surface area contributed by atoms with Crippen LogP contribution in [0.4, 0.5) is 17.1 Å². The average Bonchev–Trinajstić information content (AvgIpc) is 2.64. The zero-order chi connectivity index (χ0) is 19.6. The zero-order valence-corrected chi connectivity index (χ0v) is 16.0. The maximum absolute atomic E-state index is 12.7. The summed E-state index contributed by atoms with van der Waals surface area (Å²) in [4.78, 5) is 13.0. The van der Waals surface area contributed by atoms with Gasteiger partial charge in [0.1, 0.15) is 5.69 Å². The molecule has 0 spiro atoms. The Bertz CT molecular complexity index is 952. The Balaban J connectivity index is 1.99. The molecular formula is C18H21N3O5S. The third kappa shape index (κ3) is 4.20. The summed E-state index contributed by atoms with van der Waals surface area (Å²) in [7, 11) is -3.80. The fourth-order valence-corrected chi connectivity index (χ4v) is 4.04. The van der Waals surface area contributed by atoms with E-state index in [9.17, 15) is 18.5 Å². The number of nitro groups is 1. The minimum Gasteiger partial charge on any atom is -0.378 e. The van der Waals surface area contributed by atoms with Crippen LogP contribution >= 0.6 is 0 Å². The average molecular weight is 391 g/mol. The number of ether oxygens (including phenoxy) is 1. The summed E-state index contributed by atoms with van der Waals surface area (Å²) in [6.07, 6.45) is 0. The predicted molar refractivity (Wildman–Crippen MR) is 103 cm³/mol. The lowest BCUT2D eigenvalue weighted by atomic mass is 10.1. The molecule has 1 aliphatic heterocycles. The summed E-state index contributed by atoms with van der Waals surface area (Å²) >= 11 is 0. The molecule has 0 bridgehead atoms. The highest BCUT2D eigenvalue weighted by Gasteiger charge is 2.25. The molecule has 8 nitrogen and oxygen atoms in total. The molecule has 0 atom stereocenters. The first-order valence-corrected chi connectivity index (χ1v) is 9.97. The molecule has 1 heterocycles. The molecule has 144 valence electrons. The van der Waals surface area contributed by atoms with Gasteiger partial charge in [0.15, 0.2) is 0 Å². The minimum atomic E-state index is -3.80. The Labute approximate surface area is 158 Å². The van der Waals surface area contributed by atoms with Crippen molar-refractivity contribution < 1.29 is 18.1 Å². The molecule has 1 saturated heterocycles. The van der Waals surface area contributed by atoms with Crippen molar-refractivity contribution in [1.29, 1.82) is 0 Å². The van der Waals surface area contributed by atoms with Crippen molar-refractivity contribution in [2.45, 2.75) is 18.7 Å². The normalized spacial score (nSPS) is 14.8. The van der Waals surface area contributed by atoms with Crippen LogP contribution < -0.4 is 9.62 Å². The van der Waals surface area contributed by atoms with E-state index in [2.05, 4.69) is 4.72 Å². The van der Waals surface area contributed by atoms with Crippen molar-refractivity contribution in [3.63, 3.8) is 0 Å². The summed E-state index contributed by atoms with van der Waals surface area (Å²) in [6.45, 7) is 5.47. The second kappa shape index (κ2) is 7.53. The molecule has 1 aliphatic rings. The fraction of sp³-hybridized carbons (Fsp3) is 0.333. The van der Waals surface area contributed by atoms with Crippen molar-refractivity contribution in [2.24, 2.45) is 0 Å². The van der Waals surface area contributed by atoms with Gasteiger partial charge in [-0.05, 0) is 37.6 Å². The number of nitrogens with one attached hydrogen (secondary N) is 1. The van der Waals surface area contributed by atoms with Gasteiger partial charge in [-0.25, -0.2) is 8.42 Å². The monoisotopic (exact) mass is 391 g/mol. The first-order chi connectivity index (χ1) is 12.8. The maximum Gasteiger partial charge on any atom is 0.292 e. The summed E-state index contributed by atoms with van der Waals surface area (Å²) < 4.78 is 33.2. The molecule has 27 heavy (non-hydrogen) atoms. The molecule has 3 rings (SSSR count). The van der Waals surface area contributed by atoms with Crippen molar-refractivity contribution in [3.8, 4) is 0 Å². The predicted octanol–water partition coefficient (Wildman–Crippen LogP) is 2.85. The van der Waals surface area contributed by atoms with Crippen LogP contribution in [0.5, 0.6) is 0 Å². The van der Waals surface area contributed by atoms with E-state index in [0.29, 0.717) is 43.2 Å². The number of aryl methyl sites for hydroxylation is 2. The lowest BCUT2D eigenvalue weighted by molar-refractivity contribution is -0.384. The van der Waals surface area contributed by atoms with Crippen LogP contribution in [-0.4, -0.2) is 39.6 Å². The van der Waals surface area contributed by atoms with Gasteiger partial charge in [0, 0.05) is 19.2 Å². The number of anilines is 2. The zero-order valence-electron chi connectivity index (χ0n) is 15.1. The Morgan fingerprint density at radius 1 is 1.11 bits per heavy atom. The highest BCUT2D eigenvalue weighted by molar-refractivity contribution is 7.92. The molecule has 0 radical (unpaired) electrons. The van der Waals surface area contributed by atoms with Crippen LogP contribution in [0, 0.1) is 24.0 Å². The second-order valence-electron chi connectivity index (χ2n) is 6.43. The molecule has 9 heteroatoms. The molecule has 0 aliphatic carbocycles. The summed E-state index contributed by atoms with van der Waals surface area (Å²) in [5.41, 5.74) is 2.09. The summed E-state index contributed by atoms with van der Waals surface area (Å²) in [6, 6.07) is 9.43. The van der Waals surface area contributed by atoms with Gasteiger partial charge < -0.3 is 9.64 Å². The van der Waals surface area contributed by atoms with Gasteiger partial charge in [-0.2, -0.15) is 0 Å². The van der Waals surface area contributed by atoms with Crippen LogP contribution in [0.15, 0.2) is 41.3 Å². The molecule has 0 amide bonds. The third-order valence-electron chi connectivity index (χ3n) is 4.45. The van der Waals surface area contributed by atoms with Crippen molar-refractivity contribution in [2.75, 3.05) is 35.9 Å². The number of benzene rings is 2. The third-order valence-corrected chi connectivity index (χ3v) is 5.83. The van der Waals surface area contributed by atoms with Crippen molar-refractivity contribution in [3.05, 3.63) is 57.6 Å². The van der Waals surface area contributed by atoms with Crippen LogP contribution in [0.1, 0.15) is 11.1 Å². The van der Waals surface area contributed by atoms with Crippen LogP contribution in [0.3, 0.4) is 0 Å². The SMILES string of the molecule is Cc1ccc(S(=O)(=O)Nc2cc(N3CCOCC3)c([N+](=O)[O-])cc2C)cc1. The molecule has 2 aromatic carbocycles. The molecule has 0 aromatic heterocycles. The standard InChI is InChI=1S/C18H21N3O5S/c1-13-3-5-15(6-4-13)27(24,25)19-16-12-17(20-7-9-26-10-8-20)18(21(22)23)11-14(16)2/h3-6,11-12,19H,7-10H2,1-2H3. The number of hydrogen-bond acceptors (Lipinski definition) is 6. The molecule has 0 saturated carbocycles. The molecule has 1 N–H and O–H groups in total. The largest absolute Gasteiger partial charge is 0.378 e. The number of morpholine rings is 1. The van der Waals surface area contributed by atoms with Gasteiger partial charge in [-0.3, -0.25) is 14.8 Å². The Morgan fingerprint density at radius 2 is 1.74 bits per heavy atom. The van der Waals surface area contributed by atoms with E-state index in [1.165, 1.54) is 24.3 Å². The smallest absolute Gasteiger partial charge is 0.292 e. The van der Waals surface area contributed by atoms with Crippen molar-refractivity contribution in [1.82, 2.24) is 0 Å². The molecule has 2 aromatic rings. The Hall–Kier alpha value is -2.65. The lowest BCUT2D eigenvalue weighted by Crippen LogP contribution is -2.36. The molecular weight excluding hydrogens is 370 g/mol. The number of hydrogen-bond donors (Lipinski definition) is 1. The highest BCUT2D eigenvalue weighted by atomic mass is 32.2. The number of nitro benzene ring substituents is 1. The number of rotatable bonds is 5.